The van der Waals surface area contributed by atoms with Crippen LogP contribution in [0.1, 0.15) is 44.0 Å². The number of hydrogen-bond acceptors (Lipinski definition) is 6. The average molecular weight is 405 g/mol. The highest BCUT2D eigenvalue weighted by Gasteiger charge is 2.31. The number of carbonyl (C=O) groups is 3. The number of thiophene rings is 1. The lowest BCUT2D eigenvalue weighted by Gasteiger charge is -2.08. The Bertz CT molecular complexity index is 948. The minimum atomic E-state index is -0.699. The molecule has 0 bridgehead atoms. The average Bonchev–Trinajstić information content (AvgIpc) is 3.47. The maximum Gasteiger partial charge on any atom is 0.341 e. The standard InChI is InChI=1S/C20H20FNO5S/c1-10-11(2)28-19(22-18(24)12-4-5-12)17(10)20(25)27-9-15(23)13-6-7-16(26-3)14(21)8-13/h6-8,12H,4-5,9H2,1-3H3,(H,22,24). The second kappa shape index (κ2) is 8.10. The van der Waals surface area contributed by atoms with E-state index in [9.17, 15) is 18.8 Å². The number of amides is 1. The summed E-state index contributed by atoms with van der Waals surface area (Å²) < 4.78 is 23.7. The largest absolute Gasteiger partial charge is 0.494 e. The van der Waals surface area contributed by atoms with Crippen LogP contribution in [0.25, 0.3) is 0 Å². The third-order valence-corrected chi connectivity index (χ3v) is 5.71. The quantitative estimate of drug-likeness (QED) is 0.558. The summed E-state index contributed by atoms with van der Waals surface area (Å²) in [4.78, 5) is 37.7. The van der Waals surface area contributed by atoms with Crippen LogP contribution in [0.3, 0.4) is 0 Å². The number of methoxy groups -OCH3 is 1. The van der Waals surface area contributed by atoms with Crippen molar-refractivity contribution < 1.29 is 28.2 Å². The molecule has 1 aromatic heterocycles. The fourth-order valence-electron chi connectivity index (χ4n) is 2.65. The van der Waals surface area contributed by atoms with Crippen molar-refractivity contribution in [3.05, 3.63) is 45.6 Å². The second-order valence-corrected chi connectivity index (χ2v) is 7.82. The zero-order valence-corrected chi connectivity index (χ0v) is 16.6. The van der Waals surface area contributed by atoms with Crippen molar-refractivity contribution in [3.8, 4) is 5.75 Å². The van der Waals surface area contributed by atoms with Gasteiger partial charge < -0.3 is 14.8 Å². The lowest BCUT2D eigenvalue weighted by molar-refractivity contribution is -0.117. The number of anilines is 1. The van der Waals surface area contributed by atoms with Crippen LogP contribution in [0.4, 0.5) is 9.39 Å². The molecule has 3 rings (SSSR count). The molecule has 28 heavy (non-hydrogen) atoms. The maximum atomic E-state index is 13.8. The highest BCUT2D eigenvalue weighted by atomic mass is 32.1. The van der Waals surface area contributed by atoms with Gasteiger partial charge in [0.05, 0.1) is 12.7 Å². The van der Waals surface area contributed by atoms with Crippen LogP contribution in [0.2, 0.25) is 0 Å². The predicted molar refractivity (Wildman–Crippen MR) is 103 cm³/mol. The van der Waals surface area contributed by atoms with Gasteiger partial charge in [-0.25, -0.2) is 9.18 Å². The molecular weight excluding hydrogens is 385 g/mol. The van der Waals surface area contributed by atoms with E-state index in [2.05, 4.69) is 5.32 Å². The second-order valence-electron chi connectivity index (χ2n) is 6.60. The monoisotopic (exact) mass is 405 g/mol. The first-order valence-corrected chi connectivity index (χ1v) is 9.58. The van der Waals surface area contributed by atoms with Crippen LogP contribution in [0.15, 0.2) is 18.2 Å². The Morgan fingerprint density at radius 1 is 1.25 bits per heavy atom. The fraction of sp³-hybridized carbons (Fsp3) is 0.350. The third kappa shape index (κ3) is 4.22. The van der Waals surface area contributed by atoms with E-state index in [1.807, 2.05) is 6.92 Å². The molecule has 0 unspecified atom stereocenters. The number of carbonyl (C=O) groups excluding carboxylic acids is 3. The topological polar surface area (TPSA) is 81.7 Å². The van der Waals surface area contributed by atoms with E-state index in [1.165, 1.54) is 30.6 Å². The summed E-state index contributed by atoms with van der Waals surface area (Å²) in [5, 5.41) is 3.22. The summed E-state index contributed by atoms with van der Waals surface area (Å²) in [5.74, 6) is -2.00. The number of benzene rings is 1. The number of halogens is 1. The van der Waals surface area contributed by atoms with Crippen molar-refractivity contribution in [1.82, 2.24) is 0 Å². The maximum absolute atomic E-state index is 13.8. The Labute approximate surface area is 165 Å². The van der Waals surface area contributed by atoms with Gasteiger partial charge in [0.2, 0.25) is 5.91 Å². The van der Waals surface area contributed by atoms with Crippen molar-refractivity contribution in [2.45, 2.75) is 26.7 Å². The highest BCUT2D eigenvalue weighted by Crippen LogP contribution is 2.36. The molecule has 2 aromatic rings. The molecule has 6 nitrogen and oxygen atoms in total. The fourth-order valence-corrected chi connectivity index (χ4v) is 3.70. The summed E-state index contributed by atoms with van der Waals surface area (Å²) in [5.41, 5.74) is 1.03. The number of esters is 1. The molecule has 1 aliphatic rings. The van der Waals surface area contributed by atoms with E-state index in [0.717, 1.165) is 23.8 Å². The number of nitrogens with one attached hydrogen (secondary N) is 1. The predicted octanol–water partition coefficient (Wildman–Crippen LogP) is 3.90. The van der Waals surface area contributed by atoms with Crippen molar-refractivity contribution in [2.75, 3.05) is 19.0 Å². The zero-order valence-electron chi connectivity index (χ0n) is 15.8. The molecule has 1 N–H and O–H groups in total. The first-order chi connectivity index (χ1) is 13.3. The Morgan fingerprint density at radius 3 is 2.57 bits per heavy atom. The number of Topliss-reactive ketones (excluding diaryl/α,β-unsaturated/α-hetero) is 1. The minimum absolute atomic E-state index is 0.00173. The zero-order chi connectivity index (χ0) is 20.4. The summed E-state index contributed by atoms with van der Waals surface area (Å²) in [6, 6.07) is 3.78. The van der Waals surface area contributed by atoms with Crippen LogP contribution in [0, 0.1) is 25.6 Å². The first-order valence-electron chi connectivity index (χ1n) is 8.76. The van der Waals surface area contributed by atoms with E-state index in [0.29, 0.717) is 10.6 Å². The van der Waals surface area contributed by atoms with Gasteiger partial charge >= 0.3 is 5.97 Å². The van der Waals surface area contributed by atoms with Gasteiger partial charge in [-0.15, -0.1) is 11.3 Å². The Kier molecular flexibility index (Phi) is 5.79. The van der Waals surface area contributed by atoms with Crippen molar-refractivity contribution in [2.24, 2.45) is 5.92 Å². The molecule has 0 atom stereocenters. The van der Waals surface area contributed by atoms with E-state index < -0.39 is 24.2 Å². The Morgan fingerprint density at radius 2 is 1.96 bits per heavy atom. The highest BCUT2D eigenvalue weighted by molar-refractivity contribution is 7.16. The number of ketones is 1. The molecule has 0 spiro atoms. The van der Waals surface area contributed by atoms with E-state index in [4.69, 9.17) is 9.47 Å². The van der Waals surface area contributed by atoms with Crippen molar-refractivity contribution in [3.63, 3.8) is 0 Å². The molecule has 1 aliphatic carbocycles. The Balaban J connectivity index is 1.70. The van der Waals surface area contributed by atoms with Gasteiger partial charge in [-0.3, -0.25) is 9.59 Å². The van der Waals surface area contributed by atoms with E-state index in [-0.39, 0.29) is 28.7 Å². The van der Waals surface area contributed by atoms with Crippen LogP contribution < -0.4 is 10.1 Å². The van der Waals surface area contributed by atoms with Crippen LogP contribution in [-0.4, -0.2) is 31.4 Å². The molecule has 1 heterocycles. The van der Waals surface area contributed by atoms with Gasteiger partial charge in [0.1, 0.15) is 5.00 Å². The van der Waals surface area contributed by atoms with Crippen LogP contribution >= 0.6 is 11.3 Å². The van der Waals surface area contributed by atoms with Crippen molar-refractivity contribution in [1.29, 1.82) is 0 Å². The van der Waals surface area contributed by atoms with Crippen LogP contribution in [0.5, 0.6) is 5.75 Å². The normalized spacial score (nSPS) is 13.1. The molecule has 0 aliphatic heterocycles. The van der Waals surface area contributed by atoms with E-state index >= 15 is 0 Å². The van der Waals surface area contributed by atoms with Gasteiger partial charge in [-0.05, 0) is 50.5 Å². The summed E-state index contributed by atoms with van der Waals surface area (Å²) in [7, 11) is 1.33. The van der Waals surface area contributed by atoms with Gasteiger partial charge in [-0.2, -0.15) is 0 Å². The van der Waals surface area contributed by atoms with Gasteiger partial charge in [0.15, 0.2) is 24.0 Å². The molecule has 8 heteroatoms. The number of aryl methyl sites for hydroxylation is 1. The molecule has 0 saturated heterocycles. The number of rotatable bonds is 7. The molecule has 1 amide bonds. The van der Waals surface area contributed by atoms with Gasteiger partial charge in [-0.1, -0.05) is 0 Å². The van der Waals surface area contributed by atoms with Gasteiger partial charge in [0, 0.05) is 16.4 Å². The number of ether oxygens (including phenoxy) is 2. The molecule has 1 fully saturated rings. The Hall–Kier alpha value is -2.74. The third-order valence-electron chi connectivity index (χ3n) is 4.58. The lowest BCUT2D eigenvalue weighted by atomic mass is 10.1. The summed E-state index contributed by atoms with van der Waals surface area (Å²) >= 11 is 1.30. The molecule has 1 saturated carbocycles. The molecule has 148 valence electrons. The summed E-state index contributed by atoms with van der Waals surface area (Å²) in [6.45, 7) is 3.07. The SMILES string of the molecule is COc1ccc(C(=O)COC(=O)c2c(NC(=O)C3CC3)sc(C)c2C)cc1F. The van der Waals surface area contributed by atoms with E-state index in [1.54, 1.807) is 6.92 Å². The minimum Gasteiger partial charge on any atom is -0.494 e. The summed E-state index contributed by atoms with van der Waals surface area (Å²) in [6.07, 6.45) is 1.70. The molecule has 1 aromatic carbocycles. The van der Waals surface area contributed by atoms with Crippen LogP contribution in [-0.2, 0) is 9.53 Å². The lowest BCUT2D eigenvalue weighted by Crippen LogP contribution is -2.18. The molecule has 0 radical (unpaired) electrons. The van der Waals surface area contributed by atoms with Crippen molar-refractivity contribution >= 4 is 34.0 Å². The first kappa shape index (κ1) is 20.0. The van der Waals surface area contributed by atoms with Gasteiger partial charge in [0.25, 0.3) is 0 Å². The number of hydrogen-bond donors (Lipinski definition) is 1. The smallest absolute Gasteiger partial charge is 0.341 e. The molecular formula is C20H20FNO5S.